The van der Waals surface area contributed by atoms with Gasteiger partial charge in [0.1, 0.15) is 0 Å². The predicted octanol–water partition coefficient (Wildman–Crippen LogP) is 1.14. The molecule has 14 heavy (non-hydrogen) atoms. The second-order valence-electron chi connectivity index (χ2n) is 3.40. The van der Waals surface area contributed by atoms with Crippen LogP contribution in [-0.4, -0.2) is 32.1 Å². The van der Waals surface area contributed by atoms with Crippen molar-refractivity contribution in [1.82, 2.24) is 5.32 Å². The summed E-state index contributed by atoms with van der Waals surface area (Å²) >= 11 is 0. The van der Waals surface area contributed by atoms with Crippen LogP contribution in [0.25, 0.3) is 0 Å². The molecule has 0 amide bonds. The van der Waals surface area contributed by atoms with Gasteiger partial charge in [-0.05, 0) is 13.0 Å². The Balaban J connectivity index is 2.22. The molecule has 0 bridgehead atoms. The minimum absolute atomic E-state index is 0.0307. The van der Waals surface area contributed by atoms with Crippen LogP contribution in [0, 0.1) is 12.3 Å². The van der Waals surface area contributed by atoms with Crippen LogP contribution in [0.5, 0.6) is 0 Å². The Morgan fingerprint density at radius 2 is 2.21 bits per heavy atom. The third-order valence-electron chi connectivity index (χ3n) is 2.30. The Labute approximate surface area is 86.2 Å². The monoisotopic (exact) mass is 197 g/mol. The second-order valence-corrected chi connectivity index (χ2v) is 3.40. The average molecular weight is 197 g/mol. The Hall–Kier alpha value is -0.560. The molecule has 1 aliphatic rings. The normalized spacial score (nSPS) is 19.4. The quantitative estimate of drug-likeness (QED) is 0.648. The van der Waals surface area contributed by atoms with Gasteiger partial charge in [-0.1, -0.05) is 6.92 Å². The van der Waals surface area contributed by atoms with Crippen LogP contribution in [0.15, 0.2) is 0 Å². The molecule has 1 rings (SSSR count). The van der Waals surface area contributed by atoms with Crippen LogP contribution in [-0.2, 0) is 9.47 Å². The Kier molecular flexibility index (Phi) is 5.62. The van der Waals surface area contributed by atoms with Gasteiger partial charge in [0.05, 0.1) is 13.2 Å². The van der Waals surface area contributed by atoms with Gasteiger partial charge in [-0.25, -0.2) is 0 Å². The molecule has 0 aliphatic carbocycles. The molecule has 1 atom stereocenters. The van der Waals surface area contributed by atoms with Crippen molar-refractivity contribution in [3.63, 3.8) is 0 Å². The van der Waals surface area contributed by atoms with Gasteiger partial charge in [0.2, 0.25) is 0 Å². The highest BCUT2D eigenvalue weighted by Gasteiger charge is 2.20. The zero-order chi connectivity index (χ0) is 10.2. The summed E-state index contributed by atoms with van der Waals surface area (Å²) in [5, 5.41) is 3.39. The van der Waals surface area contributed by atoms with Crippen LogP contribution in [0.2, 0.25) is 0 Å². The maximum absolute atomic E-state index is 5.40. The fourth-order valence-corrected chi connectivity index (χ4v) is 1.63. The molecule has 1 heterocycles. The standard InChI is InChI=1S/C11H19NO2/c1-3-5-6-10(12-4-2)9-11-13-7-8-14-11/h1,10-12H,4-9H2,2H3. The van der Waals surface area contributed by atoms with E-state index in [1.165, 1.54) is 0 Å². The molecule has 0 aromatic heterocycles. The van der Waals surface area contributed by atoms with Gasteiger partial charge in [0.15, 0.2) is 6.29 Å². The average Bonchev–Trinajstić information content (AvgIpc) is 2.67. The lowest BCUT2D eigenvalue weighted by Crippen LogP contribution is -2.32. The molecule has 1 aliphatic heterocycles. The van der Waals surface area contributed by atoms with E-state index in [9.17, 15) is 0 Å². The second kappa shape index (κ2) is 6.83. The van der Waals surface area contributed by atoms with Gasteiger partial charge >= 0.3 is 0 Å². The number of rotatable bonds is 6. The molecule has 1 fully saturated rings. The number of terminal acetylenes is 1. The summed E-state index contributed by atoms with van der Waals surface area (Å²) < 4.78 is 10.8. The Bertz CT molecular complexity index is 182. The summed E-state index contributed by atoms with van der Waals surface area (Å²) in [6, 6.07) is 0.416. The SMILES string of the molecule is C#CCCC(CC1OCCO1)NCC. The maximum atomic E-state index is 5.40. The van der Waals surface area contributed by atoms with Gasteiger partial charge in [0, 0.05) is 18.9 Å². The molecule has 0 spiro atoms. The first-order valence-corrected chi connectivity index (χ1v) is 5.27. The molecule has 0 aromatic carbocycles. The fraction of sp³-hybridized carbons (Fsp3) is 0.818. The molecule has 80 valence electrons. The Morgan fingerprint density at radius 1 is 1.50 bits per heavy atom. The minimum atomic E-state index is -0.0307. The van der Waals surface area contributed by atoms with E-state index in [0.717, 1.165) is 39.0 Å². The predicted molar refractivity (Wildman–Crippen MR) is 55.8 cm³/mol. The van der Waals surface area contributed by atoms with Crippen LogP contribution in [0.4, 0.5) is 0 Å². The highest BCUT2D eigenvalue weighted by atomic mass is 16.7. The molecular formula is C11H19NO2. The third-order valence-corrected chi connectivity index (χ3v) is 2.30. The summed E-state index contributed by atoms with van der Waals surface area (Å²) in [4.78, 5) is 0. The number of ether oxygens (including phenoxy) is 2. The summed E-state index contributed by atoms with van der Waals surface area (Å²) in [5.74, 6) is 2.66. The molecular weight excluding hydrogens is 178 g/mol. The van der Waals surface area contributed by atoms with Crippen LogP contribution >= 0.6 is 0 Å². The van der Waals surface area contributed by atoms with E-state index in [4.69, 9.17) is 15.9 Å². The number of nitrogens with one attached hydrogen (secondary N) is 1. The van der Waals surface area contributed by atoms with Crippen LogP contribution in [0.3, 0.4) is 0 Å². The van der Waals surface area contributed by atoms with Crippen molar-refractivity contribution in [3.8, 4) is 12.3 Å². The highest BCUT2D eigenvalue weighted by Crippen LogP contribution is 2.13. The molecule has 1 unspecified atom stereocenters. The fourth-order valence-electron chi connectivity index (χ4n) is 1.63. The topological polar surface area (TPSA) is 30.5 Å². The van der Waals surface area contributed by atoms with Crippen molar-refractivity contribution in [3.05, 3.63) is 0 Å². The lowest BCUT2D eigenvalue weighted by molar-refractivity contribution is -0.0529. The first-order valence-electron chi connectivity index (χ1n) is 5.27. The lowest BCUT2D eigenvalue weighted by atomic mass is 10.1. The zero-order valence-corrected chi connectivity index (χ0v) is 8.79. The van der Waals surface area contributed by atoms with Gasteiger partial charge in [-0.3, -0.25) is 0 Å². The van der Waals surface area contributed by atoms with Crippen molar-refractivity contribution in [2.75, 3.05) is 19.8 Å². The number of hydrogen-bond donors (Lipinski definition) is 1. The van der Waals surface area contributed by atoms with E-state index in [-0.39, 0.29) is 6.29 Å². The van der Waals surface area contributed by atoms with Crippen molar-refractivity contribution < 1.29 is 9.47 Å². The van der Waals surface area contributed by atoms with Gasteiger partial charge in [0.25, 0.3) is 0 Å². The molecule has 1 N–H and O–H groups in total. The summed E-state index contributed by atoms with van der Waals surface area (Å²) in [7, 11) is 0. The largest absolute Gasteiger partial charge is 0.350 e. The van der Waals surface area contributed by atoms with Crippen LogP contribution < -0.4 is 5.32 Å². The first-order chi connectivity index (χ1) is 6.86. The first kappa shape index (κ1) is 11.5. The van der Waals surface area contributed by atoms with Crippen molar-refractivity contribution in [2.45, 2.75) is 38.5 Å². The Morgan fingerprint density at radius 3 is 2.79 bits per heavy atom. The molecule has 0 aromatic rings. The minimum Gasteiger partial charge on any atom is -0.350 e. The third kappa shape index (κ3) is 4.10. The van der Waals surface area contributed by atoms with E-state index in [0.29, 0.717) is 6.04 Å². The van der Waals surface area contributed by atoms with Gasteiger partial charge in [-0.2, -0.15) is 0 Å². The molecule has 3 heteroatoms. The van der Waals surface area contributed by atoms with E-state index in [1.54, 1.807) is 0 Å². The lowest BCUT2D eigenvalue weighted by Gasteiger charge is -2.19. The zero-order valence-electron chi connectivity index (χ0n) is 8.79. The molecule has 0 radical (unpaired) electrons. The summed E-state index contributed by atoms with van der Waals surface area (Å²) in [6.07, 6.45) is 7.91. The molecule has 0 saturated carbocycles. The van der Waals surface area contributed by atoms with E-state index < -0.39 is 0 Å². The van der Waals surface area contributed by atoms with Crippen molar-refractivity contribution in [2.24, 2.45) is 0 Å². The smallest absolute Gasteiger partial charge is 0.159 e. The van der Waals surface area contributed by atoms with Crippen LogP contribution in [0.1, 0.15) is 26.2 Å². The van der Waals surface area contributed by atoms with E-state index in [2.05, 4.69) is 18.2 Å². The van der Waals surface area contributed by atoms with Gasteiger partial charge < -0.3 is 14.8 Å². The summed E-state index contributed by atoms with van der Waals surface area (Å²) in [5.41, 5.74) is 0. The van der Waals surface area contributed by atoms with Crippen molar-refractivity contribution in [1.29, 1.82) is 0 Å². The molecule has 3 nitrogen and oxygen atoms in total. The van der Waals surface area contributed by atoms with Gasteiger partial charge in [-0.15, -0.1) is 12.3 Å². The number of hydrogen-bond acceptors (Lipinski definition) is 3. The van der Waals surface area contributed by atoms with E-state index >= 15 is 0 Å². The molecule has 1 saturated heterocycles. The van der Waals surface area contributed by atoms with Crippen molar-refractivity contribution >= 4 is 0 Å². The highest BCUT2D eigenvalue weighted by molar-refractivity contribution is 4.86. The maximum Gasteiger partial charge on any atom is 0.159 e. The summed E-state index contributed by atoms with van der Waals surface area (Å²) in [6.45, 7) is 4.50. The van der Waals surface area contributed by atoms with E-state index in [1.807, 2.05) is 0 Å².